The fraction of sp³-hybridized carbons (Fsp3) is 0.333. The molecule has 0 aromatic rings. The van der Waals surface area contributed by atoms with Crippen molar-refractivity contribution in [2.75, 3.05) is 6.54 Å². The lowest BCUT2D eigenvalue weighted by Gasteiger charge is -1.73. The third kappa shape index (κ3) is 1.99. The molecular weight excluding hydrogens is 98.1 g/mol. The second-order valence-electron chi connectivity index (χ2n) is 0.729. The molecule has 0 aromatic heterocycles. The summed E-state index contributed by atoms with van der Waals surface area (Å²) in [6.45, 7) is -0.0243. The lowest BCUT2D eigenvalue weighted by molar-refractivity contribution is -0.111. The number of nitrogens with two attached hydrogens (primary N) is 1. The summed E-state index contributed by atoms with van der Waals surface area (Å²) in [6.07, 6.45) is 0. The quantitative estimate of drug-likeness (QED) is 0.473. The van der Waals surface area contributed by atoms with Gasteiger partial charge in [-0.25, -0.2) is 0 Å². The Morgan fingerprint density at radius 1 is 2.00 bits per heavy atom. The minimum atomic E-state index is -0.315. The molecule has 0 aromatic carbocycles. The van der Waals surface area contributed by atoms with Gasteiger partial charge >= 0.3 is 0 Å². The zero-order valence-electron chi connectivity index (χ0n) is 3.10. The fourth-order valence-electron chi connectivity index (χ4n) is 0.0417. The van der Waals surface area contributed by atoms with Gasteiger partial charge in [0.15, 0.2) is 5.78 Å². The lowest BCUT2D eigenvalue weighted by Crippen LogP contribution is -2.12. The van der Waals surface area contributed by atoms with Gasteiger partial charge in [-0.2, -0.15) is 0 Å². The van der Waals surface area contributed by atoms with E-state index in [2.05, 4.69) is 12.2 Å². The molecule has 1 radical (unpaired) electrons. The molecule has 0 spiro atoms. The summed E-state index contributed by atoms with van der Waals surface area (Å²) in [4.78, 5) is 9.84. The minimum absolute atomic E-state index is 0.0243. The molecular formula is C3H4NOS. The molecule has 2 nitrogen and oxygen atoms in total. The van der Waals surface area contributed by atoms with Crippen molar-refractivity contribution in [1.82, 2.24) is 0 Å². The van der Waals surface area contributed by atoms with E-state index in [1.165, 1.54) is 0 Å². The van der Waals surface area contributed by atoms with Crippen molar-refractivity contribution >= 4 is 23.4 Å². The number of hydrogen-bond donors (Lipinski definition) is 1. The first-order valence-corrected chi connectivity index (χ1v) is 1.83. The highest BCUT2D eigenvalue weighted by atomic mass is 32.1. The maximum absolute atomic E-state index is 9.84. The van der Waals surface area contributed by atoms with Gasteiger partial charge in [-0.3, -0.25) is 4.79 Å². The minimum Gasteiger partial charge on any atom is -0.324 e. The van der Waals surface area contributed by atoms with Crippen LogP contribution in [-0.2, 0) is 4.79 Å². The van der Waals surface area contributed by atoms with E-state index in [-0.39, 0.29) is 12.3 Å². The van der Waals surface area contributed by atoms with E-state index in [9.17, 15) is 4.79 Å². The summed E-state index contributed by atoms with van der Waals surface area (Å²) in [6, 6.07) is 0. The molecule has 0 heterocycles. The van der Waals surface area contributed by atoms with Gasteiger partial charge in [0.2, 0.25) is 0 Å². The smallest absolute Gasteiger partial charge is 0.188 e. The van der Waals surface area contributed by atoms with E-state index < -0.39 is 0 Å². The van der Waals surface area contributed by atoms with Gasteiger partial charge in [-0.1, -0.05) is 12.2 Å². The van der Waals surface area contributed by atoms with Gasteiger partial charge in [-0.05, 0) is 0 Å². The standard InChI is InChI=1S/C3H4NOS/c4-1-3(5)2-6/h1,4H2. The average Bonchev–Trinajstić information content (AvgIpc) is 1.65. The molecule has 33 valence electrons. The van der Waals surface area contributed by atoms with Crippen LogP contribution in [0.5, 0.6) is 0 Å². The van der Waals surface area contributed by atoms with Crippen molar-refractivity contribution in [2.45, 2.75) is 0 Å². The highest BCUT2D eigenvalue weighted by Gasteiger charge is 1.85. The van der Waals surface area contributed by atoms with Gasteiger partial charge in [0.25, 0.3) is 0 Å². The average molecular weight is 102 g/mol. The first-order valence-electron chi connectivity index (χ1n) is 1.42. The second-order valence-corrected chi connectivity index (χ2v) is 0.933. The summed E-state index contributed by atoms with van der Waals surface area (Å²) in [5.74, 6) is -0.315. The fourth-order valence-corrected chi connectivity index (χ4v) is 0.125. The van der Waals surface area contributed by atoms with Gasteiger partial charge < -0.3 is 5.73 Å². The summed E-state index contributed by atoms with van der Waals surface area (Å²) in [7, 11) is 0. The zero-order chi connectivity index (χ0) is 4.99. The van der Waals surface area contributed by atoms with Crippen LogP contribution in [0.4, 0.5) is 0 Å². The molecule has 0 amide bonds. The Morgan fingerprint density at radius 3 is 2.50 bits per heavy atom. The highest BCUT2D eigenvalue weighted by Crippen LogP contribution is 1.55. The molecule has 0 fully saturated rings. The first kappa shape index (κ1) is 5.72. The number of carbonyl (C=O) groups excluding carboxylic acids is 1. The predicted octanol–water partition coefficient (Wildman–Crippen LogP) is -0.609. The Balaban J connectivity index is 3.23. The summed E-state index contributed by atoms with van der Waals surface area (Å²) < 4.78 is 0. The van der Waals surface area contributed by atoms with Crippen molar-refractivity contribution in [3.05, 3.63) is 0 Å². The Kier molecular flexibility index (Phi) is 2.80. The van der Waals surface area contributed by atoms with E-state index in [4.69, 9.17) is 5.73 Å². The van der Waals surface area contributed by atoms with E-state index >= 15 is 0 Å². The van der Waals surface area contributed by atoms with Crippen LogP contribution in [0, 0.1) is 0 Å². The Bertz CT molecular complexity index is 71.2. The topological polar surface area (TPSA) is 43.1 Å². The number of thiocarbonyl (C=S) groups is 1. The lowest BCUT2D eigenvalue weighted by atomic mass is 10.5. The largest absolute Gasteiger partial charge is 0.324 e. The SMILES string of the molecule is NCC(=O)[C]=S. The maximum atomic E-state index is 9.84. The van der Waals surface area contributed by atoms with Crippen LogP contribution in [0.1, 0.15) is 0 Å². The Morgan fingerprint density at radius 2 is 2.50 bits per heavy atom. The number of rotatable bonds is 2. The van der Waals surface area contributed by atoms with Crippen molar-refractivity contribution in [3.63, 3.8) is 0 Å². The molecule has 0 saturated carbocycles. The van der Waals surface area contributed by atoms with E-state index in [1.807, 2.05) is 5.37 Å². The molecule has 2 N–H and O–H groups in total. The van der Waals surface area contributed by atoms with Gasteiger partial charge in [0.1, 0.15) is 5.37 Å². The number of ketones is 1. The zero-order valence-corrected chi connectivity index (χ0v) is 3.92. The van der Waals surface area contributed by atoms with Crippen LogP contribution >= 0.6 is 12.2 Å². The van der Waals surface area contributed by atoms with Crippen LogP contribution in [0.2, 0.25) is 0 Å². The van der Waals surface area contributed by atoms with Crippen LogP contribution < -0.4 is 5.73 Å². The third-order valence-corrected chi connectivity index (χ3v) is 0.527. The van der Waals surface area contributed by atoms with Gasteiger partial charge in [0.05, 0.1) is 6.54 Å². The van der Waals surface area contributed by atoms with Crippen LogP contribution in [0.25, 0.3) is 0 Å². The van der Waals surface area contributed by atoms with Crippen molar-refractivity contribution in [1.29, 1.82) is 0 Å². The number of Topliss-reactive ketones (excluding diaryl/α,β-unsaturated/α-hetero) is 1. The van der Waals surface area contributed by atoms with Crippen molar-refractivity contribution in [2.24, 2.45) is 5.73 Å². The van der Waals surface area contributed by atoms with Crippen molar-refractivity contribution in [3.8, 4) is 0 Å². The molecule has 6 heavy (non-hydrogen) atoms. The number of carbonyl (C=O) groups is 1. The van der Waals surface area contributed by atoms with E-state index in [1.54, 1.807) is 0 Å². The third-order valence-electron chi connectivity index (χ3n) is 0.299. The molecule has 0 atom stereocenters. The molecule has 0 saturated heterocycles. The Hall–Kier alpha value is -0.280. The van der Waals surface area contributed by atoms with Gasteiger partial charge in [-0.15, -0.1) is 0 Å². The molecule has 3 heteroatoms. The molecule has 0 aliphatic carbocycles. The molecule has 0 bridgehead atoms. The van der Waals surface area contributed by atoms with Gasteiger partial charge in [0, 0.05) is 0 Å². The monoisotopic (exact) mass is 102 g/mol. The van der Waals surface area contributed by atoms with Crippen LogP contribution in [-0.4, -0.2) is 17.7 Å². The maximum Gasteiger partial charge on any atom is 0.188 e. The number of hydrogen-bond acceptors (Lipinski definition) is 3. The van der Waals surface area contributed by atoms with Crippen LogP contribution in [0.15, 0.2) is 0 Å². The van der Waals surface area contributed by atoms with E-state index in [0.717, 1.165) is 0 Å². The predicted molar refractivity (Wildman–Crippen MR) is 26.7 cm³/mol. The molecule has 0 aliphatic rings. The summed E-state index contributed by atoms with van der Waals surface area (Å²) in [5.41, 5.74) is 4.80. The second kappa shape index (κ2) is 2.93. The Labute approximate surface area is 41.3 Å². The molecule has 0 rings (SSSR count). The molecule has 0 unspecified atom stereocenters. The van der Waals surface area contributed by atoms with Crippen molar-refractivity contribution < 1.29 is 4.79 Å². The van der Waals surface area contributed by atoms with E-state index in [0.29, 0.717) is 0 Å². The highest BCUT2D eigenvalue weighted by molar-refractivity contribution is 7.80. The normalized spacial score (nSPS) is 7.50. The summed E-state index contributed by atoms with van der Waals surface area (Å²) >= 11 is 4.09. The first-order chi connectivity index (χ1) is 2.81. The van der Waals surface area contributed by atoms with Crippen LogP contribution in [0.3, 0.4) is 0 Å². The molecule has 0 aliphatic heterocycles. The summed E-state index contributed by atoms with van der Waals surface area (Å²) in [5, 5.41) is 1.93.